The monoisotopic (exact) mass is 660 g/mol. The summed E-state index contributed by atoms with van der Waals surface area (Å²) in [6.07, 6.45) is -2.36. The minimum absolute atomic E-state index is 0.0707. The van der Waals surface area contributed by atoms with E-state index in [1.165, 1.54) is 0 Å². The molecular weight excluding hydrogens is 608 g/mol. The highest BCUT2D eigenvalue weighted by atomic mass is 16.7. The fraction of sp³-hybridized carbons (Fsp3) is 0.861. The number of fused-ring (bicyclic) bond motifs is 7. The van der Waals surface area contributed by atoms with E-state index in [4.69, 9.17) is 9.47 Å². The van der Waals surface area contributed by atoms with Crippen LogP contribution in [0.5, 0.6) is 0 Å². The Morgan fingerprint density at radius 3 is 2.19 bits per heavy atom. The van der Waals surface area contributed by atoms with Crippen LogP contribution in [-0.2, 0) is 23.9 Å². The van der Waals surface area contributed by atoms with Crippen LogP contribution >= 0.6 is 0 Å². The Morgan fingerprint density at radius 1 is 0.894 bits per heavy atom. The average molecular weight is 661 g/mol. The molecule has 0 aromatic carbocycles. The molecule has 264 valence electrons. The van der Waals surface area contributed by atoms with Crippen molar-refractivity contribution < 1.29 is 54.5 Å². The summed E-state index contributed by atoms with van der Waals surface area (Å²) in [7, 11) is 0. The minimum atomic E-state index is -1.91. The van der Waals surface area contributed by atoms with E-state index in [-0.39, 0.29) is 34.0 Å². The van der Waals surface area contributed by atoms with Gasteiger partial charge in [-0.2, -0.15) is 0 Å². The van der Waals surface area contributed by atoms with E-state index in [0.717, 1.165) is 18.3 Å². The largest absolute Gasteiger partial charge is 0.549 e. The first-order valence-electron chi connectivity index (χ1n) is 17.4. The smallest absolute Gasteiger partial charge is 0.187 e. The third-order valence-corrected chi connectivity index (χ3v) is 15.1. The van der Waals surface area contributed by atoms with Crippen molar-refractivity contribution in [3.05, 3.63) is 11.6 Å². The lowest BCUT2D eigenvalue weighted by Gasteiger charge is -2.72. The van der Waals surface area contributed by atoms with Gasteiger partial charge in [0.1, 0.15) is 30.7 Å². The number of carbonyl (C=O) groups is 3. The molecule has 5 aliphatic carbocycles. The molecule has 1 aliphatic heterocycles. The molecule has 1 heterocycles. The van der Waals surface area contributed by atoms with Crippen molar-refractivity contribution in [2.24, 2.45) is 50.2 Å². The number of aliphatic carboxylic acids is 2. The van der Waals surface area contributed by atoms with Crippen LogP contribution in [0.2, 0.25) is 0 Å². The van der Waals surface area contributed by atoms with Gasteiger partial charge < -0.3 is 54.5 Å². The number of carbonyl (C=O) groups excluding carboxylic acids is 3. The Labute approximate surface area is 276 Å². The van der Waals surface area contributed by atoms with Crippen molar-refractivity contribution in [1.29, 1.82) is 0 Å². The maximum atomic E-state index is 13.1. The van der Waals surface area contributed by atoms with E-state index in [0.29, 0.717) is 51.4 Å². The van der Waals surface area contributed by atoms with E-state index in [1.54, 1.807) is 0 Å². The van der Waals surface area contributed by atoms with Crippen molar-refractivity contribution in [2.45, 2.75) is 142 Å². The average Bonchev–Trinajstić information content (AvgIpc) is 2.98. The van der Waals surface area contributed by atoms with Crippen LogP contribution in [0.3, 0.4) is 0 Å². The van der Waals surface area contributed by atoms with Gasteiger partial charge in [0.2, 0.25) is 0 Å². The Morgan fingerprint density at radius 2 is 1.57 bits per heavy atom. The quantitative estimate of drug-likeness (QED) is 0.183. The molecule has 5 fully saturated rings. The second kappa shape index (κ2) is 11.1. The molecule has 15 atom stereocenters. The van der Waals surface area contributed by atoms with Gasteiger partial charge in [-0.3, -0.25) is 0 Å². The maximum Gasteiger partial charge on any atom is 0.187 e. The predicted molar refractivity (Wildman–Crippen MR) is 162 cm³/mol. The first-order valence-corrected chi connectivity index (χ1v) is 17.4. The molecule has 0 bridgehead atoms. The number of hydrogen-bond acceptors (Lipinski definition) is 11. The molecule has 11 heteroatoms. The number of allylic oxidation sites excluding steroid dienone is 2. The summed E-state index contributed by atoms with van der Waals surface area (Å²) in [5.41, 5.74) is -2.40. The van der Waals surface area contributed by atoms with Gasteiger partial charge >= 0.3 is 0 Å². The maximum absolute atomic E-state index is 13.1. The highest BCUT2D eigenvalue weighted by Gasteiger charge is 2.71. The standard InChI is InChI=1S/C36H54O11/c1-31(2)13-14-36(30(44)45)19(15-31)18-7-8-21-32(3)11-10-23(46-29-26(41)24(39)25(40)27(47-29)28(42)43)33(4,17-37)20(32)9-12-34(21,5)35(18,6)16-22(36)38/h7,17,19-27,29,38-41H,8-16H2,1-6H3,(H,42,43)(H,44,45)/p-2/t19-,20+,21+,22+,23-,24-,25-,26+,27-,29+,32-,33-,34+,35+,36+/m0/s1. The highest BCUT2D eigenvalue weighted by molar-refractivity contribution is 5.76. The SMILES string of the molecule is CC1(C)CC[C@]2(C(=O)[O-])[C@H](O)C[C@]3(C)C(=CC[C@@H]4[C@@]5(C)CC[C@H](O[C@@H]6O[C@H](C(=O)[O-])[C@@H](O)[C@H](O)[C@H]6O)[C@@](C)(C=O)[C@@H]5CC[C@]43C)[C@@H]2C1. The van der Waals surface area contributed by atoms with Crippen molar-refractivity contribution in [3.8, 4) is 0 Å². The lowest BCUT2D eigenvalue weighted by molar-refractivity contribution is -0.358. The summed E-state index contributed by atoms with van der Waals surface area (Å²) < 4.78 is 11.5. The van der Waals surface area contributed by atoms with Crippen molar-refractivity contribution in [2.75, 3.05) is 0 Å². The van der Waals surface area contributed by atoms with Crippen molar-refractivity contribution in [3.63, 3.8) is 0 Å². The third-order valence-electron chi connectivity index (χ3n) is 15.1. The number of aldehydes is 1. The van der Waals surface area contributed by atoms with Gasteiger partial charge in [-0.25, -0.2) is 0 Å². The summed E-state index contributed by atoms with van der Waals surface area (Å²) in [6, 6.07) is 0. The molecule has 0 aromatic rings. The Hall–Kier alpha value is -1.89. The van der Waals surface area contributed by atoms with Gasteiger partial charge in [0.05, 0.1) is 29.6 Å². The molecule has 0 amide bonds. The van der Waals surface area contributed by atoms with E-state index >= 15 is 0 Å². The van der Waals surface area contributed by atoms with E-state index in [2.05, 4.69) is 40.7 Å². The summed E-state index contributed by atoms with van der Waals surface area (Å²) in [5, 5.41) is 67.4. The number of hydrogen-bond donors (Lipinski definition) is 4. The van der Waals surface area contributed by atoms with Gasteiger partial charge in [0.15, 0.2) is 6.29 Å². The van der Waals surface area contributed by atoms with Crippen LogP contribution in [0.1, 0.15) is 99.3 Å². The Kier molecular flexibility index (Phi) is 8.22. The van der Waals surface area contributed by atoms with Crippen molar-refractivity contribution in [1.82, 2.24) is 0 Å². The molecule has 4 N–H and O–H groups in total. The zero-order chi connectivity index (χ0) is 34.7. The molecule has 6 rings (SSSR count). The molecule has 4 saturated carbocycles. The number of aliphatic hydroxyl groups excluding tert-OH is 4. The summed E-state index contributed by atoms with van der Waals surface area (Å²) >= 11 is 0. The molecular formula is C36H52O11-2. The van der Waals surface area contributed by atoms with E-state index < -0.39 is 71.1 Å². The molecule has 0 unspecified atom stereocenters. The Bertz CT molecular complexity index is 1350. The zero-order valence-electron chi connectivity index (χ0n) is 28.4. The fourth-order valence-electron chi connectivity index (χ4n) is 12.1. The summed E-state index contributed by atoms with van der Waals surface area (Å²) in [4.78, 5) is 37.6. The second-order valence-electron chi connectivity index (χ2n) is 17.6. The van der Waals surface area contributed by atoms with E-state index in [1.807, 2.05) is 6.92 Å². The molecule has 0 radical (unpaired) electrons. The highest BCUT2D eigenvalue weighted by Crippen LogP contribution is 2.75. The molecule has 47 heavy (non-hydrogen) atoms. The normalized spacial score (nSPS) is 53.7. The predicted octanol–water partition coefficient (Wildman–Crippen LogP) is 0.631. The summed E-state index contributed by atoms with van der Waals surface area (Å²) in [6.45, 7) is 12.9. The topological polar surface area (TPSA) is 197 Å². The fourth-order valence-corrected chi connectivity index (χ4v) is 12.1. The zero-order valence-corrected chi connectivity index (χ0v) is 28.4. The summed E-state index contributed by atoms with van der Waals surface area (Å²) in [5.74, 6) is -3.27. The van der Waals surface area contributed by atoms with Crippen LogP contribution in [0.25, 0.3) is 0 Å². The van der Waals surface area contributed by atoms with Crippen LogP contribution < -0.4 is 10.2 Å². The lowest BCUT2D eigenvalue weighted by atomic mass is 9.33. The van der Waals surface area contributed by atoms with Crippen LogP contribution in [0, 0.1) is 50.2 Å². The van der Waals surface area contributed by atoms with Gasteiger partial charge in [-0.05, 0) is 97.2 Å². The second-order valence-corrected chi connectivity index (χ2v) is 17.6. The lowest BCUT2D eigenvalue weighted by Crippen LogP contribution is -2.69. The number of rotatable bonds is 5. The molecule has 0 aromatic heterocycles. The number of carboxylic acids is 2. The third kappa shape index (κ3) is 4.62. The Balaban J connectivity index is 1.33. The number of carboxylic acid groups (broad SMARTS) is 2. The van der Waals surface area contributed by atoms with Gasteiger partial charge in [-0.1, -0.05) is 53.2 Å². The number of ether oxygens (including phenoxy) is 2. The van der Waals surface area contributed by atoms with Crippen LogP contribution in [0.4, 0.5) is 0 Å². The molecule has 0 spiro atoms. The van der Waals surface area contributed by atoms with Gasteiger partial charge in [-0.15, -0.1) is 0 Å². The first-order chi connectivity index (χ1) is 21.7. The minimum Gasteiger partial charge on any atom is -0.549 e. The van der Waals surface area contributed by atoms with Gasteiger partial charge in [0.25, 0.3) is 0 Å². The molecule has 11 nitrogen and oxygen atoms in total. The van der Waals surface area contributed by atoms with Crippen molar-refractivity contribution >= 4 is 18.2 Å². The first kappa shape index (κ1) is 35.0. The number of aliphatic hydroxyl groups is 4. The van der Waals surface area contributed by atoms with E-state index in [9.17, 15) is 45.0 Å². The van der Waals surface area contributed by atoms with Gasteiger partial charge in [0, 0.05) is 5.41 Å². The molecule has 6 aliphatic rings. The molecule has 1 saturated heterocycles. The van der Waals surface area contributed by atoms with Crippen LogP contribution in [-0.4, -0.2) is 81.6 Å². The van der Waals surface area contributed by atoms with Crippen LogP contribution in [0.15, 0.2) is 11.6 Å².